The van der Waals surface area contributed by atoms with Crippen LogP contribution in [-0.2, 0) is 24.2 Å². The van der Waals surface area contributed by atoms with Gasteiger partial charge >= 0.3 is 6.18 Å². The van der Waals surface area contributed by atoms with E-state index in [-0.39, 0.29) is 24.3 Å². The maximum atomic E-state index is 13.8. The highest BCUT2D eigenvalue weighted by Gasteiger charge is 2.43. The van der Waals surface area contributed by atoms with Crippen LogP contribution < -0.4 is 5.32 Å². The molecule has 3 atom stereocenters. The van der Waals surface area contributed by atoms with E-state index in [2.05, 4.69) is 5.32 Å². The first kappa shape index (κ1) is 28.1. The van der Waals surface area contributed by atoms with Gasteiger partial charge in [-0.15, -0.1) is 0 Å². The minimum atomic E-state index is -4.87. The fourth-order valence-electron chi connectivity index (χ4n) is 3.63. The van der Waals surface area contributed by atoms with Gasteiger partial charge in [-0.1, -0.05) is 19.1 Å². The van der Waals surface area contributed by atoms with Gasteiger partial charge in [0.1, 0.15) is 21.7 Å². The number of ketones is 3. The molecule has 190 valence electrons. The molecule has 0 spiro atoms. The number of carbonyl (C=O) groups is 3. The molecule has 6 nitrogen and oxygen atoms in total. The summed E-state index contributed by atoms with van der Waals surface area (Å²) < 4.78 is 77.9. The number of halogens is 4. The zero-order valence-corrected chi connectivity index (χ0v) is 19.8. The van der Waals surface area contributed by atoms with Gasteiger partial charge in [-0.3, -0.25) is 19.7 Å². The molecule has 0 radical (unpaired) electrons. The van der Waals surface area contributed by atoms with Gasteiger partial charge in [-0.2, -0.15) is 13.2 Å². The summed E-state index contributed by atoms with van der Waals surface area (Å²) in [5.41, 5.74) is -0.353. The first-order chi connectivity index (χ1) is 15.7. The van der Waals surface area contributed by atoms with Crippen molar-refractivity contribution in [3.8, 4) is 0 Å². The van der Waals surface area contributed by atoms with Crippen LogP contribution in [0.5, 0.6) is 0 Å². The molecule has 1 N–H and O–H groups in total. The van der Waals surface area contributed by atoms with Crippen molar-refractivity contribution < 1.29 is 40.4 Å². The van der Waals surface area contributed by atoms with Crippen molar-refractivity contribution in [2.24, 2.45) is 11.8 Å². The van der Waals surface area contributed by atoms with Gasteiger partial charge in [-0.05, 0) is 49.3 Å². The Morgan fingerprint density at radius 2 is 1.71 bits per heavy atom. The number of alkyl halides is 3. The minimum absolute atomic E-state index is 0.0972. The monoisotopic (exact) mass is 507 g/mol. The Kier molecular flexibility index (Phi) is 9.53. The molecule has 1 fully saturated rings. The van der Waals surface area contributed by atoms with Crippen LogP contribution in [0.3, 0.4) is 0 Å². The van der Waals surface area contributed by atoms with Gasteiger partial charge in [0.15, 0.2) is 11.6 Å². The van der Waals surface area contributed by atoms with Crippen molar-refractivity contribution >= 4 is 27.2 Å². The molecule has 1 aromatic rings. The lowest BCUT2D eigenvalue weighted by Crippen LogP contribution is -2.46. The molecule has 0 unspecified atom stereocenters. The smallest absolute Gasteiger partial charge is 0.298 e. The third-order valence-electron chi connectivity index (χ3n) is 5.82. The first-order valence-corrected chi connectivity index (χ1v) is 13.1. The average molecular weight is 508 g/mol. The Hall–Kier alpha value is -2.14. The van der Waals surface area contributed by atoms with Crippen molar-refractivity contribution in [3.05, 3.63) is 35.6 Å². The predicted molar refractivity (Wildman–Crippen MR) is 117 cm³/mol. The molecule has 1 aliphatic rings. The molecule has 0 heterocycles. The van der Waals surface area contributed by atoms with Gasteiger partial charge in [0.05, 0.1) is 11.8 Å². The average Bonchev–Trinajstić information content (AvgIpc) is 3.54. The second kappa shape index (κ2) is 11.5. The largest absolute Gasteiger partial charge is 0.407 e. The summed E-state index contributed by atoms with van der Waals surface area (Å²) in [6, 6.07) is -0.373. The van der Waals surface area contributed by atoms with E-state index in [4.69, 9.17) is 0 Å². The quantitative estimate of drug-likeness (QED) is 0.304. The summed E-state index contributed by atoms with van der Waals surface area (Å²) in [6.45, 7) is 1.59. The molecule has 34 heavy (non-hydrogen) atoms. The topological polar surface area (TPSA) is 97.4 Å². The summed E-state index contributed by atoms with van der Waals surface area (Å²) in [5, 5.41) is 2.18. The molecular formula is C23H29F4NO5S. The van der Waals surface area contributed by atoms with E-state index in [1.165, 1.54) is 0 Å². The summed E-state index contributed by atoms with van der Waals surface area (Å²) in [7, 11) is -3.61. The van der Waals surface area contributed by atoms with Crippen molar-refractivity contribution in [1.29, 1.82) is 0 Å². The Balaban J connectivity index is 2.24. The molecule has 0 amide bonds. The zero-order chi connectivity index (χ0) is 25.7. The van der Waals surface area contributed by atoms with Crippen LogP contribution in [0.25, 0.3) is 0 Å². The fraction of sp³-hybridized carbons (Fsp3) is 0.609. The molecule has 2 rings (SSSR count). The summed E-state index contributed by atoms with van der Waals surface area (Å²) in [6.07, 6.45) is -2.97. The Morgan fingerprint density at radius 3 is 2.18 bits per heavy atom. The molecular weight excluding hydrogens is 478 g/mol. The van der Waals surface area contributed by atoms with Crippen LogP contribution in [0.4, 0.5) is 17.6 Å². The van der Waals surface area contributed by atoms with Crippen LogP contribution in [0.1, 0.15) is 57.1 Å². The third kappa shape index (κ3) is 8.90. The Labute approximate surface area is 196 Å². The van der Waals surface area contributed by atoms with Crippen LogP contribution in [0, 0.1) is 17.7 Å². The number of sulfone groups is 1. The Bertz CT molecular complexity index is 988. The molecule has 11 heteroatoms. The van der Waals surface area contributed by atoms with E-state index in [9.17, 15) is 40.4 Å². The molecule has 0 bridgehead atoms. The van der Waals surface area contributed by atoms with Crippen molar-refractivity contribution in [1.82, 2.24) is 5.32 Å². The predicted octanol–water partition coefficient (Wildman–Crippen LogP) is 3.75. The number of rotatable bonds is 14. The van der Waals surface area contributed by atoms with Crippen molar-refractivity contribution in [3.63, 3.8) is 0 Å². The summed E-state index contributed by atoms with van der Waals surface area (Å²) >= 11 is 0. The van der Waals surface area contributed by atoms with Crippen LogP contribution in [0.2, 0.25) is 0 Å². The summed E-state index contributed by atoms with van der Waals surface area (Å²) in [4.78, 5) is 37.7. The molecule has 1 aliphatic carbocycles. The van der Waals surface area contributed by atoms with E-state index in [0.717, 1.165) is 43.4 Å². The summed E-state index contributed by atoms with van der Waals surface area (Å²) in [5.74, 6) is -4.24. The van der Waals surface area contributed by atoms with Crippen molar-refractivity contribution in [2.75, 3.05) is 12.0 Å². The zero-order valence-electron chi connectivity index (χ0n) is 19.0. The maximum Gasteiger partial charge on any atom is 0.407 e. The van der Waals surface area contributed by atoms with E-state index in [1.807, 2.05) is 0 Å². The lowest BCUT2D eigenvalue weighted by atomic mass is 9.88. The number of carbonyl (C=O) groups excluding carboxylic acids is 3. The van der Waals surface area contributed by atoms with Crippen molar-refractivity contribution in [2.45, 2.75) is 63.7 Å². The van der Waals surface area contributed by atoms with Gasteiger partial charge in [0.25, 0.3) is 0 Å². The van der Waals surface area contributed by atoms with E-state index < -0.39 is 75.8 Å². The molecule has 0 saturated heterocycles. The van der Waals surface area contributed by atoms with Crippen LogP contribution in [0.15, 0.2) is 24.3 Å². The fourth-order valence-corrected chi connectivity index (χ4v) is 4.29. The molecule has 0 aliphatic heterocycles. The van der Waals surface area contributed by atoms with Gasteiger partial charge in [0, 0.05) is 25.0 Å². The highest BCUT2D eigenvalue weighted by Crippen LogP contribution is 2.34. The standard InChI is InChI=1S/C23H29F4NO5S/c1-3-15(21(31)20(30)12-14-4-5-14)13-19(29)18(10-11-34(2,32)33)28-22(23(25,26)27)16-6-8-17(24)9-7-16/h6-9,14-15,18,22,28H,3-5,10-13H2,1-2H3/t15-,18+,22+/m1/s1. The Morgan fingerprint density at radius 1 is 1.12 bits per heavy atom. The second-order valence-corrected chi connectivity index (χ2v) is 11.1. The number of nitrogens with one attached hydrogen (secondary N) is 1. The molecule has 1 saturated carbocycles. The highest BCUT2D eigenvalue weighted by molar-refractivity contribution is 7.90. The maximum absolute atomic E-state index is 13.8. The first-order valence-electron chi connectivity index (χ1n) is 11.1. The van der Waals surface area contributed by atoms with Gasteiger partial charge in [-0.25, -0.2) is 12.8 Å². The van der Waals surface area contributed by atoms with E-state index in [0.29, 0.717) is 0 Å². The number of Topliss-reactive ketones (excluding diaryl/α,β-unsaturated/α-hetero) is 3. The second-order valence-electron chi connectivity index (χ2n) is 8.87. The lowest BCUT2D eigenvalue weighted by molar-refractivity contribution is -0.161. The van der Waals surface area contributed by atoms with Crippen LogP contribution in [-0.4, -0.2) is 50.0 Å². The molecule has 0 aromatic heterocycles. The normalized spacial score (nSPS) is 17.1. The lowest BCUT2D eigenvalue weighted by Gasteiger charge is -2.28. The number of benzene rings is 1. The van der Waals surface area contributed by atoms with Gasteiger partial charge in [0.2, 0.25) is 5.78 Å². The van der Waals surface area contributed by atoms with Crippen LogP contribution >= 0.6 is 0 Å². The minimum Gasteiger partial charge on any atom is -0.298 e. The van der Waals surface area contributed by atoms with E-state index in [1.54, 1.807) is 6.92 Å². The number of hydrogen-bond acceptors (Lipinski definition) is 6. The third-order valence-corrected chi connectivity index (χ3v) is 6.80. The highest BCUT2D eigenvalue weighted by atomic mass is 32.2. The SMILES string of the molecule is CC[C@H](CC(=O)[C@H](CCS(C)(=O)=O)N[C@@H](c1ccc(F)cc1)C(F)(F)F)C(=O)C(=O)CC1CC1. The number of hydrogen-bond donors (Lipinski definition) is 1. The molecule has 1 aromatic carbocycles. The van der Waals surface area contributed by atoms with Gasteiger partial charge < -0.3 is 0 Å². The van der Waals surface area contributed by atoms with E-state index >= 15 is 0 Å².